The first-order valence-electron chi connectivity index (χ1n) is 7.72. The molecular weight excluding hydrogens is 266 g/mol. The van der Waals surface area contributed by atoms with E-state index in [0.29, 0.717) is 0 Å². The fourth-order valence-corrected chi connectivity index (χ4v) is 3.36. The molecule has 0 saturated heterocycles. The first-order valence-corrected chi connectivity index (χ1v) is 7.72. The van der Waals surface area contributed by atoms with Crippen molar-refractivity contribution in [1.29, 1.82) is 0 Å². The Hall–Kier alpha value is -2.54. The van der Waals surface area contributed by atoms with E-state index in [2.05, 4.69) is 85.8 Å². The van der Waals surface area contributed by atoms with Crippen LogP contribution in [0.15, 0.2) is 60.3 Å². The van der Waals surface area contributed by atoms with Crippen molar-refractivity contribution in [3.63, 3.8) is 0 Å². The Kier molecular flexibility index (Phi) is 3.00. The number of nitrogens with zero attached hydrogens (tertiary/aromatic N) is 1. The number of allylic oxidation sites excluding steroid dienone is 3. The monoisotopic (exact) mass is 285 g/mol. The predicted octanol–water partition coefficient (Wildman–Crippen LogP) is 4.74. The smallest absolute Gasteiger partial charge is 0.0367 e. The highest BCUT2D eigenvalue weighted by Crippen LogP contribution is 2.40. The summed E-state index contributed by atoms with van der Waals surface area (Å²) in [6.45, 7) is 0. The summed E-state index contributed by atoms with van der Waals surface area (Å²) in [6, 6.07) is 13.3. The van der Waals surface area contributed by atoms with Gasteiger partial charge in [0.2, 0.25) is 0 Å². The van der Waals surface area contributed by atoms with Gasteiger partial charge in [-0.1, -0.05) is 54.6 Å². The second-order valence-electron chi connectivity index (χ2n) is 6.11. The Labute approximate surface area is 131 Å². The molecule has 0 radical (unpaired) electrons. The SMILES string of the molecule is CN(C)C1=C/c2c(ccc3c2Cc2ccccc2-3)/C=C/C=C\1. The standard InChI is InChI=1S/C21H19N/c1-22(2)17-9-5-3-7-15-11-12-19-18-10-6-4-8-16(18)13-21(19)20(15)14-17/h3-12,14H,13H2,1-2H3/b5-3?,7-3+,9-5-,15-7?,17-9?,17-14+,20-14?. The molecule has 0 atom stereocenters. The second-order valence-corrected chi connectivity index (χ2v) is 6.11. The van der Waals surface area contributed by atoms with E-state index in [4.69, 9.17) is 0 Å². The van der Waals surface area contributed by atoms with Crippen molar-refractivity contribution < 1.29 is 0 Å². The lowest BCUT2D eigenvalue weighted by atomic mass is 9.94. The summed E-state index contributed by atoms with van der Waals surface area (Å²) in [6.07, 6.45) is 12.0. The summed E-state index contributed by atoms with van der Waals surface area (Å²) < 4.78 is 0. The van der Waals surface area contributed by atoms with Crippen molar-refractivity contribution in [2.24, 2.45) is 0 Å². The minimum absolute atomic E-state index is 1.03. The van der Waals surface area contributed by atoms with Gasteiger partial charge in [0, 0.05) is 19.8 Å². The van der Waals surface area contributed by atoms with E-state index >= 15 is 0 Å². The van der Waals surface area contributed by atoms with Crippen LogP contribution in [0.25, 0.3) is 23.3 Å². The lowest BCUT2D eigenvalue weighted by molar-refractivity contribution is 0.534. The van der Waals surface area contributed by atoms with Crippen LogP contribution in [0.5, 0.6) is 0 Å². The van der Waals surface area contributed by atoms with Crippen molar-refractivity contribution in [3.05, 3.63) is 82.6 Å². The minimum atomic E-state index is 1.03. The van der Waals surface area contributed by atoms with Crippen molar-refractivity contribution in [1.82, 2.24) is 4.90 Å². The molecule has 0 N–H and O–H groups in total. The molecule has 4 rings (SSSR count). The van der Waals surface area contributed by atoms with Crippen LogP contribution in [0.3, 0.4) is 0 Å². The number of likely N-dealkylation sites (N-methyl/N-ethyl adjacent to an activating group) is 1. The zero-order valence-electron chi connectivity index (χ0n) is 13.0. The van der Waals surface area contributed by atoms with Crippen LogP contribution in [-0.2, 0) is 6.42 Å². The highest BCUT2D eigenvalue weighted by Gasteiger charge is 2.21. The molecular formula is C21H19N. The summed E-state index contributed by atoms with van der Waals surface area (Å²) in [7, 11) is 4.19. The van der Waals surface area contributed by atoms with E-state index in [-0.39, 0.29) is 0 Å². The lowest BCUT2D eigenvalue weighted by Gasteiger charge is -2.17. The first-order chi connectivity index (χ1) is 10.7. The van der Waals surface area contributed by atoms with Crippen LogP contribution in [0, 0.1) is 0 Å². The largest absolute Gasteiger partial charge is 0.378 e. The van der Waals surface area contributed by atoms with E-state index in [0.717, 1.165) is 6.42 Å². The van der Waals surface area contributed by atoms with Crippen LogP contribution in [0.1, 0.15) is 22.3 Å². The molecule has 2 aromatic carbocycles. The molecule has 0 aromatic heterocycles. The molecule has 0 spiro atoms. The third-order valence-electron chi connectivity index (χ3n) is 4.53. The lowest BCUT2D eigenvalue weighted by Crippen LogP contribution is -2.09. The normalized spacial score (nSPS) is 19.8. The molecule has 1 nitrogen and oxygen atoms in total. The fourth-order valence-electron chi connectivity index (χ4n) is 3.36. The molecule has 0 bridgehead atoms. The van der Waals surface area contributed by atoms with Gasteiger partial charge in [0.15, 0.2) is 0 Å². The van der Waals surface area contributed by atoms with E-state index in [9.17, 15) is 0 Å². The third-order valence-corrected chi connectivity index (χ3v) is 4.53. The highest BCUT2D eigenvalue weighted by molar-refractivity contribution is 5.85. The highest BCUT2D eigenvalue weighted by atomic mass is 15.1. The van der Waals surface area contributed by atoms with E-state index < -0.39 is 0 Å². The van der Waals surface area contributed by atoms with E-state index in [1.54, 1.807) is 0 Å². The van der Waals surface area contributed by atoms with Gasteiger partial charge in [-0.3, -0.25) is 0 Å². The summed E-state index contributed by atoms with van der Waals surface area (Å²) in [5, 5.41) is 0. The summed E-state index contributed by atoms with van der Waals surface area (Å²) in [5.74, 6) is 0. The van der Waals surface area contributed by atoms with Gasteiger partial charge in [-0.25, -0.2) is 0 Å². The maximum absolute atomic E-state index is 2.32. The average molecular weight is 285 g/mol. The molecule has 0 amide bonds. The number of rotatable bonds is 1. The van der Waals surface area contributed by atoms with E-state index in [1.165, 1.54) is 39.1 Å². The Balaban J connectivity index is 1.96. The van der Waals surface area contributed by atoms with Gasteiger partial charge in [0.05, 0.1) is 0 Å². The van der Waals surface area contributed by atoms with Gasteiger partial charge >= 0.3 is 0 Å². The number of benzene rings is 2. The molecule has 2 aliphatic carbocycles. The van der Waals surface area contributed by atoms with Crippen molar-refractivity contribution in [2.45, 2.75) is 6.42 Å². The van der Waals surface area contributed by atoms with Crippen LogP contribution in [0.4, 0.5) is 0 Å². The predicted molar refractivity (Wildman–Crippen MR) is 94.5 cm³/mol. The van der Waals surface area contributed by atoms with Crippen LogP contribution >= 0.6 is 0 Å². The Bertz CT molecular complexity index is 835. The van der Waals surface area contributed by atoms with Gasteiger partial charge in [0.25, 0.3) is 0 Å². The molecule has 0 saturated carbocycles. The van der Waals surface area contributed by atoms with Gasteiger partial charge in [0.1, 0.15) is 0 Å². The second kappa shape index (κ2) is 5.03. The average Bonchev–Trinajstić information content (AvgIpc) is 2.86. The van der Waals surface area contributed by atoms with Gasteiger partial charge in [-0.05, 0) is 52.0 Å². The Morgan fingerprint density at radius 3 is 2.55 bits per heavy atom. The number of hydrogen-bond donors (Lipinski definition) is 0. The molecule has 2 aliphatic rings. The summed E-state index contributed by atoms with van der Waals surface area (Å²) >= 11 is 0. The number of hydrogen-bond acceptors (Lipinski definition) is 1. The summed E-state index contributed by atoms with van der Waals surface area (Å²) in [4.78, 5) is 2.17. The molecule has 0 aliphatic heterocycles. The molecule has 0 heterocycles. The van der Waals surface area contributed by atoms with Gasteiger partial charge in [-0.2, -0.15) is 0 Å². The van der Waals surface area contributed by atoms with Gasteiger partial charge in [-0.15, -0.1) is 0 Å². The van der Waals surface area contributed by atoms with Crippen molar-refractivity contribution >= 4 is 12.2 Å². The molecule has 0 fully saturated rings. The van der Waals surface area contributed by atoms with Crippen molar-refractivity contribution in [3.8, 4) is 11.1 Å². The number of fused-ring (bicyclic) bond motifs is 5. The minimum Gasteiger partial charge on any atom is -0.378 e. The zero-order chi connectivity index (χ0) is 15.1. The molecule has 0 unspecified atom stereocenters. The van der Waals surface area contributed by atoms with Crippen LogP contribution in [-0.4, -0.2) is 19.0 Å². The van der Waals surface area contributed by atoms with Crippen LogP contribution < -0.4 is 0 Å². The zero-order valence-corrected chi connectivity index (χ0v) is 13.0. The third kappa shape index (κ3) is 2.01. The quantitative estimate of drug-likeness (QED) is 0.624. The first kappa shape index (κ1) is 13.1. The van der Waals surface area contributed by atoms with Crippen LogP contribution in [0.2, 0.25) is 0 Å². The summed E-state index contributed by atoms with van der Waals surface area (Å²) in [5.41, 5.74) is 9.57. The molecule has 2 aromatic rings. The fraction of sp³-hybridized carbons (Fsp3) is 0.143. The van der Waals surface area contributed by atoms with Crippen molar-refractivity contribution in [2.75, 3.05) is 14.1 Å². The molecule has 22 heavy (non-hydrogen) atoms. The van der Waals surface area contributed by atoms with Gasteiger partial charge < -0.3 is 4.90 Å². The molecule has 1 heteroatoms. The maximum Gasteiger partial charge on any atom is 0.0367 e. The molecule has 108 valence electrons. The van der Waals surface area contributed by atoms with E-state index in [1.807, 2.05) is 0 Å². The Morgan fingerprint density at radius 1 is 0.864 bits per heavy atom. The topological polar surface area (TPSA) is 3.24 Å². The Morgan fingerprint density at radius 2 is 1.68 bits per heavy atom. The maximum atomic E-state index is 2.32.